The number of hydrogen-bond acceptors (Lipinski definition) is 2. The third-order valence-corrected chi connectivity index (χ3v) is 4.56. The molecular formula is C14H17NO. The summed E-state index contributed by atoms with van der Waals surface area (Å²) >= 11 is 0. The molecule has 2 nitrogen and oxygen atoms in total. The largest absolute Gasteiger partial charge is 0.358 e. The van der Waals surface area contributed by atoms with Crippen LogP contribution in [-0.4, -0.2) is 11.8 Å². The smallest absolute Gasteiger partial charge is 0.118 e. The molecule has 1 aromatic rings. The SMILES string of the molecule is NC12CC3CC(CC(C1)c1ccccc13)O2. The van der Waals surface area contributed by atoms with Crippen molar-refractivity contribution in [1.82, 2.24) is 0 Å². The third kappa shape index (κ3) is 1.14. The Kier molecular flexibility index (Phi) is 1.65. The van der Waals surface area contributed by atoms with Crippen LogP contribution in [0, 0.1) is 0 Å². The van der Waals surface area contributed by atoms with E-state index in [1.165, 1.54) is 12.8 Å². The van der Waals surface area contributed by atoms with E-state index in [0.717, 1.165) is 12.8 Å². The van der Waals surface area contributed by atoms with E-state index < -0.39 is 0 Å². The van der Waals surface area contributed by atoms with Crippen molar-refractivity contribution in [3.05, 3.63) is 35.4 Å². The molecule has 2 heterocycles. The highest BCUT2D eigenvalue weighted by Crippen LogP contribution is 2.53. The molecule has 2 fully saturated rings. The van der Waals surface area contributed by atoms with Crippen molar-refractivity contribution in [3.63, 3.8) is 0 Å². The van der Waals surface area contributed by atoms with Crippen molar-refractivity contribution in [3.8, 4) is 0 Å². The molecule has 0 aromatic heterocycles. The Balaban J connectivity index is 1.92. The van der Waals surface area contributed by atoms with Crippen LogP contribution in [0.5, 0.6) is 0 Å². The van der Waals surface area contributed by atoms with Gasteiger partial charge in [-0.2, -0.15) is 0 Å². The van der Waals surface area contributed by atoms with Gasteiger partial charge >= 0.3 is 0 Å². The molecule has 0 radical (unpaired) electrons. The Morgan fingerprint density at radius 3 is 2.12 bits per heavy atom. The van der Waals surface area contributed by atoms with Crippen LogP contribution in [0.3, 0.4) is 0 Å². The summed E-state index contributed by atoms with van der Waals surface area (Å²) in [6, 6.07) is 8.92. The van der Waals surface area contributed by atoms with Gasteiger partial charge in [0.25, 0.3) is 0 Å². The summed E-state index contributed by atoms with van der Waals surface area (Å²) in [5.74, 6) is 1.26. The lowest BCUT2D eigenvalue weighted by Gasteiger charge is -2.46. The maximum absolute atomic E-state index is 6.38. The van der Waals surface area contributed by atoms with Crippen LogP contribution in [0.25, 0.3) is 0 Å². The second-order valence-corrected chi connectivity index (χ2v) is 5.71. The maximum atomic E-state index is 6.38. The van der Waals surface area contributed by atoms with E-state index in [0.29, 0.717) is 17.9 Å². The Hall–Kier alpha value is -0.860. The number of hydrogen-bond donors (Lipinski definition) is 1. The van der Waals surface area contributed by atoms with Crippen molar-refractivity contribution >= 4 is 0 Å². The highest BCUT2D eigenvalue weighted by atomic mass is 16.5. The Bertz CT molecular complexity index is 407. The molecule has 2 aliphatic carbocycles. The van der Waals surface area contributed by atoms with Crippen molar-refractivity contribution in [2.24, 2.45) is 5.73 Å². The maximum Gasteiger partial charge on any atom is 0.118 e. The summed E-state index contributed by atoms with van der Waals surface area (Å²) in [4.78, 5) is 0. The van der Waals surface area contributed by atoms with Crippen LogP contribution in [-0.2, 0) is 4.74 Å². The topological polar surface area (TPSA) is 35.2 Å². The molecule has 2 unspecified atom stereocenters. The van der Waals surface area contributed by atoms with E-state index in [4.69, 9.17) is 10.5 Å². The van der Waals surface area contributed by atoms with Gasteiger partial charge in [-0.15, -0.1) is 0 Å². The molecule has 0 amide bonds. The van der Waals surface area contributed by atoms with Gasteiger partial charge in [0.1, 0.15) is 5.72 Å². The van der Waals surface area contributed by atoms with Gasteiger partial charge in [0.15, 0.2) is 0 Å². The average Bonchev–Trinajstić information content (AvgIpc) is 2.40. The zero-order valence-electron chi connectivity index (χ0n) is 9.36. The van der Waals surface area contributed by atoms with E-state index >= 15 is 0 Å². The minimum Gasteiger partial charge on any atom is -0.358 e. The molecule has 2 heteroatoms. The molecule has 0 saturated carbocycles. The Morgan fingerprint density at radius 2 is 1.62 bits per heavy atom. The first-order valence-corrected chi connectivity index (χ1v) is 6.29. The summed E-state index contributed by atoms with van der Waals surface area (Å²) in [7, 11) is 0. The van der Waals surface area contributed by atoms with Gasteiger partial charge in [0.2, 0.25) is 0 Å². The van der Waals surface area contributed by atoms with Gasteiger partial charge in [-0.05, 0) is 48.6 Å². The highest BCUT2D eigenvalue weighted by Gasteiger charge is 2.49. The van der Waals surface area contributed by atoms with E-state index in [1.54, 1.807) is 11.1 Å². The molecule has 4 aliphatic rings. The van der Waals surface area contributed by atoms with Crippen molar-refractivity contribution < 1.29 is 4.74 Å². The number of benzene rings is 1. The molecule has 1 aromatic carbocycles. The summed E-state index contributed by atoms with van der Waals surface area (Å²) in [5.41, 5.74) is 9.13. The molecule has 4 bridgehead atoms. The fraction of sp³-hybridized carbons (Fsp3) is 0.571. The minimum atomic E-state index is -0.338. The zero-order valence-corrected chi connectivity index (χ0v) is 9.36. The predicted molar refractivity (Wildman–Crippen MR) is 62.2 cm³/mol. The first kappa shape index (κ1) is 9.20. The molecule has 2 saturated heterocycles. The van der Waals surface area contributed by atoms with Crippen LogP contribution in [0.2, 0.25) is 0 Å². The van der Waals surface area contributed by atoms with Crippen LogP contribution in [0.4, 0.5) is 0 Å². The number of rotatable bonds is 0. The Labute approximate surface area is 95.8 Å². The van der Waals surface area contributed by atoms with Crippen LogP contribution in [0.1, 0.15) is 48.6 Å². The lowest BCUT2D eigenvalue weighted by atomic mass is 9.80. The summed E-state index contributed by atoms with van der Waals surface area (Å²) < 4.78 is 6.00. The monoisotopic (exact) mass is 215 g/mol. The number of nitrogens with two attached hydrogens (primary N) is 1. The summed E-state index contributed by atoms with van der Waals surface area (Å²) in [6.45, 7) is 0. The molecule has 2 N–H and O–H groups in total. The van der Waals surface area contributed by atoms with Crippen LogP contribution >= 0.6 is 0 Å². The Morgan fingerprint density at radius 1 is 1.06 bits per heavy atom. The first-order chi connectivity index (χ1) is 7.73. The first-order valence-electron chi connectivity index (χ1n) is 6.29. The lowest BCUT2D eigenvalue weighted by Crippen LogP contribution is -2.53. The summed E-state index contributed by atoms with van der Waals surface area (Å²) in [5, 5.41) is 0. The van der Waals surface area contributed by atoms with Gasteiger partial charge in [-0.1, -0.05) is 24.3 Å². The quantitative estimate of drug-likeness (QED) is 0.721. The molecular weight excluding hydrogens is 198 g/mol. The van der Waals surface area contributed by atoms with Crippen molar-refractivity contribution in [2.45, 2.75) is 49.3 Å². The average molecular weight is 215 g/mol. The zero-order chi connectivity index (χ0) is 10.8. The van der Waals surface area contributed by atoms with Crippen molar-refractivity contribution in [2.75, 3.05) is 0 Å². The second kappa shape index (κ2) is 2.88. The van der Waals surface area contributed by atoms with E-state index in [-0.39, 0.29) is 5.72 Å². The van der Waals surface area contributed by atoms with E-state index in [2.05, 4.69) is 24.3 Å². The van der Waals surface area contributed by atoms with Gasteiger partial charge in [0.05, 0.1) is 6.10 Å². The molecule has 0 spiro atoms. The van der Waals surface area contributed by atoms with Gasteiger partial charge in [-0.3, -0.25) is 0 Å². The molecule has 2 atom stereocenters. The van der Waals surface area contributed by atoms with Gasteiger partial charge in [0, 0.05) is 0 Å². The fourth-order valence-electron chi connectivity index (χ4n) is 4.07. The minimum absolute atomic E-state index is 0.338. The van der Waals surface area contributed by atoms with Crippen LogP contribution in [0.15, 0.2) is 24.3 Å². The highest BCUT2D eigenvalue weighted by molar-refractivity contribution is 5.38. The fourth-order valence-corrected chi connectivity index (χ4v) is 4.07. The van der Waals surface area contributed by atoms with Crippen LogP contribution < -0.4 is 5.73 Å². The molecule has 5 rings (SSSR count). The second-order valence-electron chi connectivity index (χ2n) is 5.71. The third-order valence-electron chi connectivity index (χ3n) is 4.56. The predicted octanol–water partition coefficient (Wildman–Crippen LogP) is 2.50. The van der Waals surface area contributed by atoms with Gasteiger partial charge in [-0.25, -0.2) is 0 Å². The molecule has 84 valence electrons. The molecule has 2 aliphatic heterocycles. The molecule has 16 heavy (non-hydrogen) atoms. The van der Waals surface area contributed by atoms with E-state index in [1.807, 2.05) is 0 Å². The van der Waals surface area contributed by atoms with Gasteiger partial charge < -0.3 is 10.5 Å². The lowest BCUT2D eigenvalue weighted by molar-refractivity contribution is -0.163. The summed E-state index contributed by atoms with van der Waals surface area (Å²) in [6.07, 6.45) is 4.77. The van der Waals surface area contributed by atoms with Crippen molar-refractivity contribution in [1.29, 1.82) is 0 Å². The van der Waals surface area contributed by atoms with E-state index in [9.17, 15) is 0 Å². The number of ether oxygens (including phenoxy) is 1. The standard InChI is InChI=1S/C14H17NO/c15-14-7-9-5-11(16-14)6-10(8-14)13-4-2-1-3-12(9)13/h1-4,9-11H,5-8,15H2. The normalized spacial score (nSPS) is 44.2.